The van der Waals surface area contributed by atoms with Gasteiger partial charge in [-0.2, -0.15) is 13.9 Å². The molecule has 0 aliphatic rings. The van der Waals surface area contributed by atoms with Crippen molar-refractivity contribution in [2.24, 2.45) is 0 Å². The van der Waals surface area contributed by atoms with Crippen LogP contribution in [0.4, 0.5) is 8.78 Å². The van der Waals surface area contributed by atoms with Gasteiger partial charge >= 0.3 is 6.55 Å². The zero-order valence-electron chi connectivity index (χ0n) is 9.33. The molecular weight excluding hydrogens is 216 g/mol. The van der Waals surface area contributed by atoms with Gasteiger partial charge in [-0.25, -0.2) is 4.68 Å². The quantitative estimate of drug-likeness (QED) is 0.696. The summed E-state index contributed by atoms with van der Waals surface area (Å²) < 4.78 is 30.7. The molecule has 0 atom stereocenters. The van der Waals surface area contributed by atoms with Gasteiger partial charge in [0.2, 0.25) is 0 Å². The molecule has 1 aromatic heterocycles. The number of hydrogen-bond donors (Lipinski definition) is 1. The van der Waals surface area contributed by atoms with E-state index in [-0.39, 0.29) is 0 Å². The van der Waals surface area contributed by atoms with Crippen molar-refractivity contribution in [2.75, 3.05) is 19.8 Å². The Bertz CT molecular complexity index is 291. The van der Waals surface area contributed by atoms with Gasteiger partial charge in [0.25, 0.3) is 0 Å². The van der Waals surface area contributed by atoms with Gasteiger partial charge in [-0.05, 0) is 26.0 Å². The molecule has 0 spiro atoms. The van der Waals surface area contributed by atoms with Crippen LogP contribution in [-0.4, -0.2) is 29.5 Å². The van der Waals surface area contributed by atoms with Crippen molar-refractivity contribution in [1.29, 1.82) is 0 Å². The Kier molecular flexibility index (Phi) is 5.95. The minimum atomic E-state index is -2.57. The minimum absolute atomic E-state index is 0.399. The molecule has 1 rings (SSSR count). The van der Waals surface area contributed by atoms with Crippen molar-refractivity contribution >= 4 is 0 Å². The first-order valence-corrected chi connectivity index (χ1v) is 5.34. The summed E-state index contributed by atoms with van der Waals surface area (Å²) in [6.07, 6.45) is 2.25. The molecule has 1 heterocycles. The summed E-state index contributed by atoms with van der Waals surface area (Å²) in [4.78, 5) is 0. The number of alkyl halides is 2. The van der Waals surface area contributed by atoms with Crippen LogP contribution in [0.5, 0.6) is 0 Å². The van der Waals surface area contributed by atoms with E-state index in [1.807, 2.05) is 6.92 Å². The number of halogens is 2. The molecule has 0 radical (unpaired) electrons. The number of nitrogens with one attached hydrogen (secondary N) is 1. The van der Waals surface area contributed by atoms with E-state index >= 15 is 0 Å². The number of nitrogens with zero attached hydrogens (tertiary/aromatic N) is 2. The summed E-state index contributed by atoms with van der Waals surface area (Å²) in [5.41, 5.74) is 0.492. The highest BCUT2D eigenvalue weighted by molar-refractivity contribution is 5.00. The molecule has 92 valence electrons. The van der Waals surface area contributed by atoms with Gasteiger partial charge < -0.3 is 10.1 Å². The van der Waals surface area contributed by atoms with Gasteiger partial charge in [-0.3, -0.25) is 0 Å². The van der Waals surface area contributed by atoms with Gasteiger partial charge in [0.05, 0.1) is 5.69 Å². The smallest absolute Gasteiger partial charge is 0.333 e. The number of ether oxygens (including phenoxy) is 1. The van der Waals surface area contributed by atoms with E-state index in [1.165, 1.54) is 6.20 Å². The highest BCUT2D eigenvalue weighted by Crippen LogP contribution is 2.11. The summed E-state index contributed by atoms with van der Waals surface area (Å²) in [6, 6.07) is 1.59. The van der Waals surface area contributed by atoms with E-state index in [0.29, 0.717) is 25.5 Å². The second-order valence-electron chi connectivity index (χ2n) is 3.27. The maximum atomic E-state index is 12.4. The second-order valence-corrected chi connectivity index (χ2v) is 3.27. The molecule has 0 bridgehead atoms. The van der Waals surface area contributed by atoms with Gasteiger partial charge in [-0.15, -0.1) is 0 Å². The summed E-state index contributed by atoms with van der Waals surface area (Å²) in [5.74, 6) is 0. The standard InChI is InChI=1S/C10H17F2N3O/c1-2-16-7-3-5-13-8-9-4-6-14-15(9)10(11)12/h4,6,10,13H,2-3,5,7-8H2,1H3. The Balaban J connectivity index is 2.19. The Hall–Kier alpha value is -1.01. The van der Waals surface area contributed by atoms with Crippen LogP contribution in [0.1, 0.15) is 25.6 Å². The van der Waals surface area contributed by atoms with Gasteiger partial charge in [0, 0.05) is 26.0 Å². The van der Waals surface area contributed by atoms with Crippen LogP contribution in [0.15, 0.2) is 12.3 Å². The predicted octanol–water partition coefficient (Wildman–Crippen LogP) is 1.79. The van der Waals surface area contributed by atoms with E-state index in [0.717, 1.165) is 17.6 Å². The molecule has 0 aliphatic carbocycles. The van der Waals surface area contributed by atoms with Crippen LogP contribution in [-0.2, 0) is 11.3 Å². The molecule has 16 heavy (non-hydrogen) atoms. The molecule has 1 N–H and O–H groups in total. The lowest BCUT2D eigenvalue weighted by Gasteiger charge is -2.07. The fraction of sp³-hybridized carbons (Fsp3) is 0.700. The van der Waals surface area contributed by atoms with Crippen LogP contribution >= 0.6 is 0 Å². The van der Waals surface area contributed by atoms with E-state index in [4.69, 9.17) is 4.74 Å². The largest absolute Gasteiger partial charge is 0.382 e. The maximum absolute atomic E-state index is 12.4. The Morgan fingerprint density at radius 2 is 2.38 bits per heavy atom. The maximum Gasteiger partial charge on any atom is 0.333 e. The highest BCUT2D eigenvalue weighted by Gasteiger charge is 2.10. The topological polar surface area (TPSA) is 39.1 Å². The average molecular weight is 233 g/mol. The zero-order chi connectivity index (χ0) is 11.8. The lowest BCUT2D eigenvalue weighted by molar-refractivity contribution is 0.0530. The number of rotatable bonds is 8. The first kappa shape index (κ1) is 13.1. The first-order chi connectivity index (χ1) is 7.75. The van der Waals surface area contributed by atoms with Crippen molar-refractivity contribution in [2.45, 2.75) is 26.4 Å². The molecule has 0 saturated heterocycles. The minimum Gasteiger partial charge on any atom is -0.382 e. The average Bonchev–Trinajstić information content (AvgIpc) is 2.71. The third-order valence-corrected chi connectivity index (χ3v) is 2.09. The van der Waals surface area contributed by atoms with Crippen molar-refractivity contribution in [1.82, 2.24) is 15.1 Å². The molecular formula is C10H17F2N3O. The van der Waals surface area contributed by atoms with Crippen LogP contribution in [0.25, 0.3) is 0 Å². The van der Waals surface area contributed by atoms with Gasteiger partial charge in [0.1, 0.15) is 0 Å². The normalized spacial score (nSPS) is 11.2. The Morgan fingerprint density at radius 1 is 1.56 bits per heavy atom. The monoisotopic (exact) mass is 233 g/mol. The van der Waals surface area contributed by atoms with Crippen molar-refractivity contribution in [3.63, 3.8) is 0 Å². The summed E-state index contributed by atoms with van der Waals surface area (Å²) in [5, 5.41) is 6.61. The molecule has 0 unspecified atom stereocenters. The van der Waals surface area contributed by atoms with E-state index in [9.17, 15) is 8.78 Å². The van der Waals surface area contributed by atoms with Gasteiger partial charge in [0.15, 0.2) is 0 Å². The third-order valence-electron chi connectivity index (χ3n) is 2.09. The summed E-state index contributed by atoms with van der Waals surface area (Å²) >= 11 is 0. The predicted molar refractivity (Wildman–Crippen MR) is 56.3 cm³/mol. The molecule has 0 amide bonds. The van der Waals surface area contributed by atoms with Crippen LogP contribution in [0.3, 0.4) is 0 Å². The highest BCUT2D eigenvalue weighted by atomic mass is 19.3. The summed E-state index contributed by atoms with van der Waals surface area (Å²) in [6.45, 7) is 1.91. The van der Waals surface area contributed by atoms with Crippen LogP contribution in [0, 0.1) is 0 Å². The number of aromatic nitrogens is 2. The lowest BCUT2D eigenvalue weighted by Crippen LogP contribution is -2.19. The van der Waals surface area contributed by atoms with E-state index in [2.05, 4.69) is 10.4 Å². The molecule has 0 saturated carbocycles. The SMILES string of the molecule is CCOCCCNCc1ccnn1C(F)F. The molecule has 1 aromatic rings. The molecule has 0 aliphatic heterocycles. The van der Waals surface area contributed by atoms with Crippen molar-refractivity contribution in [3.8, 4) is 0 Å². The molecule has 4 nitrogen and oxygen atoms in total. The zero-order valence-corrected chi connectivity index (χ0v) is 9.33. The third kappa shape index (κ3) is 4.24. The van der Waals surface area contributed by atoms with E-state index < -0.39 is 6.55 Å². The molecule has 6 heteroatoms. The Morgan fingerprint density at radius 3 is 3.06 bits per heavy atom. The first-order valence-electron chi connectivity index (χ1n) is 5.34. The molecule has 0 fully saturated rings. The van der Waals surface area contributed by atoms with Crippen LogP contribution < -0.4 is 5.32 Å². The van der Waals surface area contributed by atoms with Gasteiger partial charge in [-0.1, -0.05) is 0 Å². The van der Waals surface area contributed by atoms with E-state index in [1.54, 1.807) is 6.07 Å². The molecule has 0 aromatic carbocycles. The second kappa shape index (κ2) is 7.29. The lowest BCUT2D eigenvalue weighted by atomic mass is 10.4. The fourth-order valence-corrected chi connectivity index (χ4v) is 1.32. The fourth-order valence-electron chi connectivity index (χ4n) is 1.32. The van der Waals surface area contributed by atoms with Crippen molar-refractivity contribution in [3.05, 3.63) is 18.0 Å². The van der Waals surface area contributed by atoms with Crippen molar-refractivity contribution < 1.29 is 13.5 Å². The van der Waals surface area contributed by atoms with Crippen LogP contribution in [0.2, 0.25) is 0 Å². The Labute approximate surface area is 93.6 Å². The summed E-state index contributed by atoms with van der Waals surface area (Å²) in [7, 11) is 0. The number of hydrogen-bond acceptors (Lipinski definition) is 3.